The van der Waals surface area contributed by atoms with E-state index in [1.807, 2.05) is 0 Å². The zero-order valence-corrected chi connectivity index (χ0v) is 30.5. The van der Waals surface area contributed by atoms with Gasteiger partial charge in [0, 0.05) is 50.0 Å². The summed E-state index contributed by atoms with van der Waals surface area (Å²) in [7, 11) is 0. The van der Waals surface area contributed by atoms with Gasteiger partial charge in [-0.05, 0) is 76.3 Å². The number of hydrogen-bond acceptors (Lipinski definition) is 1. The second-order valence-corrected chi connectivity index (χ2v) is 14.8. The van der Waals surface area contributed by atoms with E-state index < -0.39 is 0 Å². The van der Waals surface area contributed by atoms with E-state index in [0.717, 1.165) is 28.1 Å². The van der Waals surface area contributed by atoms with E-state index >= 15 is 0 Å². The van der Waals surface area contributed by atoms with Crippen LogP contribution in [0.2, 0.25) is 0 Å². The fourth-order valence-corrected chi connectivity index (χ4v) is 9.80. The molecule has 0 bridgehead atoms. The minimum atomic E-state index is 0.0270. The number of para-hydroxylation sites is 6. The third-order valence-electron chi connectivity index (χ3n) is 11.9. The molecule has 0 amide bonds. The first-order valence-corrected chi connectivity index (χ1v) is 19.4. The van der Waals surface area contributed by atoms with Gasteiger partial charge in [-0.15, -0.1) is 0 Å². The van der Waals surface area contributed by atoms with Crippen LogP contribution < -0.4 is 21.3 Å². The fraction of sp³-hybridized carbons (Fsp3) is 0. The molecule has 0 atom stereocenters. The predicted molar refractivity (Wildman–Crippen MR) is 238 cm³/mol. The van der Waals surface area contributed by atoms with Crippen LogP contribution in [0.1, 0.15) is 0 Å². The van der Waals surface area contributed by atoms with Crippen LogP contribution in [0.25, 0.3) is 65.8 Å². The lowest BCUT2D eigenvalue weighted by Crippen LogP contribution is -2.57. The third kappa shape index (κ3) is 4.30. The monoisotopic (exact) mass is 711 g/mol. The maximum atomic E-state index is 2.53. The Bertz CT molecular complexity index is 3070. The molecule has 0 spiro atoms. The predicted octanol–water partition coefficient (Wildman–Crippen LogP) is 11.3. The zero-order valence-electron chi connectivity index (χ0n) is 30.5. The number of rotatable bonds is 4. The molecule has 0 radical (unpaired) electrons. The minimum absolute atomic E-state index is 0.0270. The summed E-state index contributed by atoms with van der Waals surface area (Å²) in [5.74, 6) is 0. The lowest BCUT2D eigenvalue weighted by atomic mass is 9.34. The van der Waals surface area contributed by atoms with Gasteiger partial charge in [0.2, 0.25) is 6.71 Å². The van der Waals surface area contributed by atoms with E-state index in [1.54, 1.807) is 0 Å². The number of fused-ring (bicyclic) bond motifs is 8. The smallest absolute Gasteiger partial charge is 0.247 e. The van der Waals surface area contributed by atoms with Crippen LogP contribution >= 0.6 is 0 Å². The van der Waals surface area contributed by atoms with Gasteiger partial charge >= 0.3 is 0 Å². The van der Waals surface area contributed by atoms with Crippen LogP contribution in [0.5, 0.6) is 0 Å². The number of hydrogen-bond donors (Lipinski definition) is 0. The van der Waals surface area contributed by atoms with Gasteiger partial charge in [0.15, 0.2) is 0 Å². The molecule has 10 aromatic carbocycles. The molecule has 0 saturated heterocycles. The van der Waals surface area contributed by atoms with Crippen LogP contribution in [0, 0.1) is 0 Å². The molecular weight excluding hydrogens is 677 g/mol. The van der Waals surface area contributed by atoms with Crippen molar-refractivity contribution in [2.75, 3.05) is 4.90 Å². The average Bonchev–Trinajstić information content (AvgIpc) is 3.28. The van der Waals surface area contributed by atoms with E-state index in [1.165, 1.54) is 71.1 Å². The lowest BCUT2D eigenvalue weighted by Gasteiger charge is -2.39. The van der Waals surface area contributed by atoms with Crippen molar-refractivity contribution < 1.29 is 0 Å². The Kier molecular flexibility index (Phi) is 6.72. The summed E-state index contributed by atoms with van der Waals surface area (Å²) in [5.41, 5.74) is 14.5. The van der Waals surface area contributed by atoms with Gasteiger partial charge in [-0.2, -0.15) is 0 Å². The second kappa shape index (κ2) is 12.1. The van der Waals surface area contributed by atoms with Crippen molar-refractivity contribution in [2.45, 2.75) is 0 Å². The van der Waals surface area contributed by atoms with Crippen molar-refractivity contribution in [1.82, 2.24) is 9.13 Å². The van der Waals surface area contributed by atoms with Crippen LogP contribution in [-0.2, 0) is 0 Å². The molecule has 2 heterocycles. The number of benzene rings is 10. The molecule has 0 unspecified atom stereocenters. The lowest BCUT2D eigenvalue weighted by molar-refractivity contribution is 1.10. The molecule has 0 saturated carbocycles. The van der Waals surface area contributed by atoms with Gasteiger partial charge in [-0.1, -0.05) is 157 Å². The molecule has 0 N–H and O–H groups in total. The van der Waals surface area contributed by atoms with E-state index in [9.17, 15) is 0 Å². The Morgan fingerprint density at radius 1 is 0.339 bits per heavy atom. The number of nitrogens with zero attached hydrogens (tertiary/aromatic N) is 3. The Morgan fingerprint density at radius 2 is 0.786 bits per heavy atom. The molecule has 0 fully saturated rings. The summed E-state index contributed by atoms with van der Waals surface area (Å²) in [5, 5.41) is 7.59. The molecule has 1 aromatic heterocycles. The van der Waals surface area contributed by atoms with Crippen LogP contribution in [-0.4, -0.2) is 15.8 Å². The maximum absolute atomic E-state index is 2.53. The Labute approximate surface area is 325 Å². The van der Waals surface area contributed by atoms with Crippen molar-refractivity contribution in [2.24, 2.45) is 0 Å². The molecule has 0 aliphatic carbocycles. The quantitative estimate of drug-likeness (QED) is 0.101. The van der Waals surface area contributed by atoms with E-state index in [0.29, 0.717) is 0 Å². The molecule has 11 aromatic rings. The first kappa shape index (κ1) is 31.1. The topological polar surface area (TPSA) is 13.1 Å². The first-order valence-electron chi connectivity index (χ1n) is 19.4. The Morgan fingerprint density at radius 3 is 1.38 bits per heavy atom. The number of anilines is 3. The summed E-state index contributed by atoms with van der Waals surface area (Å²) >= 11 is 0. The van der Waals surface area contributed by atoms with Crippen molar-refractivity contribution in [1.29, 1.82) is 0 Å². The summed E-state index contributed by atoms with van der Waals surface area (Å²) < 4.78 is 5.00. The van der Waals surface area contributed by atoms with Gasteiger partial charge in [-0.25, -0.2) is 0 Å². The summed E-state index contributed by atoms with van der Waals surface area (Å²) in [6.45, 7) is 0.0270. The molecule has 1 aliphatic rings. The number of aromatic nitrogens is 2. The van der Waals surface area contributed by atoms with Crippen LogP contribution in [0.4, 0.5) is 17.1 Å². The maximum Gasteiger partial charge on any atom is 0.247 e. The molecule has 56 heavy (non-hydrogen) atoms. The van der Waals surface area contributed by atoms with E-state index in [2.05, 4.69) is 220 Å². The molecule has 3 nitrogen and oxygen atoms in total. The molecule has 260 valence electrons. The second-order valence-electron chi connectivity index (χ2n) is 14.8. The van der Waals surface area contributed by atoms with Crippen molar-refractivity contribution >= 4 is 94.5 Å². The van der Waals surface area contributed by atoms with Gasteiger partial charge in [0.1, 0.15) is 0 Å². The van der Waals surface area contributed by atoms with E-state index in [4.69, 9.17) is 0 Å². The van der Waals surface area contributed by atoms with Gasteiger partial charge in [0.25, 0.3) is 0 Å². The average molecular weight is 712 g/mol. The van der Waals surface area contributed by atoms with Gasteiger partial charge in [-0.3, -0.25) is 0 Å². The standard InChI is InChI=1S/C52H34BN3/c1-5-19-35(20-6-1)53-43-31-13-14-32-44(43)54(36-21-7-2-8-22-36)50-40-28-18-30-42-48(40)47-39(49(50)53)27-17-29-41(47)51-52(42)56(38-25-11-4-12-26-38)46-34-16-15-33-45(46)55(51)37-23-9-3-10-24-37/h1-34H. The third-order valence-corrected chi connectivity index (χ3v) is 11.9. The highest BCUT2D eigenvalue weighted by Gasteiger charge is 2.39. The fourth-order valence-electron chi connectivity index (χ4n) is 9.80. The van der Waals surface area contributed by atoms with Gasteiger partial charge < -0.3 is 14.0 Å². The van der Waals surface area contributed by atoms with Crippen LogP contribution in [0.15, 0.2) is 206 Å². The normalized spacial score (nSPS) is 12.6. The first-order chi connectivity index (χ1) is 27.9. The Balaban J connectivity index is 1.37. The molecular formula is C52H34BN3. The van der Waals surface area contributed by atoms with Crippen LogP contribution in [0.3, 0.4) is 0 Å². The summed E-state index contributed by atoms with van der Waals surface area (Å²) in [6.07, 6.45) is 0. The van der Waals surface area contributed by atoms with E-state index in [-0.39, 0.29) is 6.71 Å². The Hall–Kier alpha value is -7.30. The van der Waals surface area contributed by atoms with Crippen molar-refractivity contribution in [3.05, 3.63) is 206 Å². The highest BCUT2D eigenvalue weighted by Crippen LogP contribution is 2.49. The molecule has 1 aliphatic heterocycles. The molecule has 12 rings (SSSR count). The highest BCUT2D eigenvalue weighted by atomic mass is 15.2. The zero-order chi connectivity index (χ0) is 36.7. The molecule has 4 heteroatoms. The summed E-state index contributed by atoms with van der Waals surface area (Å²) in [6, 6.07) is 75.7. The van der Waals surface area contributed by atoms with Gasteiger partial charge in [0.05, 0.1) is 22.1 Å². The largest absolute Gasteiger partial charge is 0.311 e. The van der Waals surface area contributed by atoms with Crippen molar-refractivity contribution in [3.8, 4) is 11.4 Å². The summed E-state index contributed by atoms with van der Waals surface area (Å²) in [4.78, 5) is 2.53. The van der Waals surface area contributed by atoms with Crippen molar-refractivity contribution in [3.63, 3.8) is 0 Å². The SMILES string of the molecule is c1ccc(B2c3ccccc3N(c3ccccc3)c3c2c2cccc4c2c2c3cccc2c2c4n(-c3ccccc3)c3ccccc3n2-c2ccccc2)cc1. The highest BCUT2D eigenvalue weighted by molar-refractivity contribution is 6.99. The minimum Gasteiger partial charge on any atom is -0.311 e.